The number of aryl methyl sites for hydroxylation is 1. The number of carbonyl (C=O) groups excluding carboxylic acids is 1. The Morgan fingerprint density at radius 1 is 1.27 bits per heavy atom. The summed E-state index contributed by atoms with van der Waals surface area (Å²) in [6, 6.07) is 6.75. The predicted octanol–water partition coefficient (Wildman–Crippen LogP) is 1.03. The molecule has 0 aromatic carbocycles. The van der Waals surface area contributed by atoms with Gasteiger partial charge < -0.3 is 14.0 Å². The molecule has 0 atom stereocenters. The number of ether oxygens (including phenoxy) is 2. The van der Waals surface area contributed by atoms with Gasteiger partial charge in [0.1, 0.15) is 22.3 Å². The van der Waals surface area contributed by atoms with E-state index in [1.165, 1.54) is 10.5 Å². The van der Waals surface area contributed by atoms with E-state index >= 15 is 0 Å². The third-order valence-electron chi connectivity index (χ3n) is 5.27. The molecule has 30 heavy (non-hydrogen) atoms. The van der Waals surface area contributed by atoms with Crippen molar-refractivity contribution < 1.29 is 14.3 Å². The van der Waals surface area contributed by atoms with Gasteiger partial charge in [-0.2, -0.15) is 0 Å². The lowest BCUT2D eigenvalue weighted by atomic mass is 10.2. The fourth-order valence-corrected chi connectivity index (χ4v) is 3.75. The second kappa shape index (κ2) is 8.76. The molecular weight excluding hydrogens is 386 g/mol. The molecule has 1 aliphatic heterocycles. The second-order valence-corrected chi connectivity index (χ2v) is 7.17. The van der Waals surface area contributed by atoms with Crippen LogP contribution in [0.4, 0.5) is 0 Å². The number of carbonyl (C=O) groups is 1. The Bertz CT molecular complexity index is 1190. The van der Waals surface area contributed by atoms with Crippen LogP contribution < -0.4 is 11.0 Å². The maximum atomic E-state index is 13.1. The van der Waals surface area contributed by atoms with Crippen molar-refractivity contribution in [2.24, 2.45) is 0 Å². The van der Waals surface area contributed by atoms with Gasteiger partial charge in [0.15, 0.2) is 0 Å². The quantitative estimate of drug-likeness (QED) is 0.480. The van der Waals surface area contributed by atoms with E-state index in [4.69, 9.17) is 14.9 Å². The van der Waals surface area contributed by atoms with Crippen molar-refractivity contribution in [3.8, 4) is 0 Å². The predicted molar refractivity (Wildman–Crippen MR) is 111 cm³/mol. The molecule has 1 saturated heterocycles. The van der Waals surface area contributed by atoms with Crippen LogP contribution in [0.5, 0.6) is 0 Å². The molecule has 3 aromatic heterocycles. The van der Waals surface area contributed by atoms with Crippen LogP contribution in [0.3, 0.4) is 0 Å². The Hall–Kier alpha value is -3.04. The number of esters is 1. The molecule has 9 heteroatoms. The summed E-state index contributed by atoms with van der Waals surface area (Å²) in [6.07, 6.45) is 2.40. The number of nitrogens with one attached hydrogen (secondary N) is 1. The minimum Gasteiger partial charge on any atom is -0.462 e. The smallest absolute Gasteiger partial charge is 0.341 e. The highest BCUT2D eigenvalue weighted by Crippen LogP contribution is 2.12. The molecular formula is C21H25N5O4. The van der Waals surface area contributed by atoms with E-state index in [-0.39, 0.29) is 23.2 Å². The molecule has 1 N–H and O–H groups in total. The number of fused-ring (bicyclic) bond motifs is 2. The van der Waals surface area contributed by atoms with E-state index in [0.717, 1.165) is 39.3 Å². The van der Waals surface area contributed by atoms with E-state index in [0.29, 0.717) is 23.2 Å². The third-order valence-corrected chi connectivity index (χ3v) is 5.27. The van der Waals surface area contributed by atoms with Gasteiger partial charge in [0.2, 0.25) is 0 Å². The van der Waals surface area contributed by atoms with Gasteiger partial charge in [0.25, 0.3) is 5.56 Å². The van der Waals surface area contributed by atoms with Crippen LogP contribution in [0, 0.1) is 5.41 Å². The number of hydrogen-bond acceptors (Lipinski definition) is 7. The summed E-state index contributed by atoms with van der Waals surface area (Å²) in [5.74, 6) is -0.608. The molecule has 4 heterocycles. The van der Waals surface area contributed by atoms with Crippen LogP contribution >= 0.6 is 0 Å². The van der Waals surface area contributed by atoms with E-state index in [9.17, 15) is 9.59 Å². The van der Waals surface area contributed by atoms with Crippen molar-refractivity contribution in [1.29, 1.82) is 5.41 Å². The molecule has 1 fully saturated rings. The van der Waals surface area contributed by atoms with E-state index in [1.807, 2.05) is 6.07 Å². The summed E-state index contributed by atoms with van der Waals surface area (Å²) in [5, 5.41) is 8.91. The molecule has 0 saturated carbocycles. The van der Waals surface area contributed by atoms with Crippen LogP contribution in [-0.2, 0) is 16.0 Å². The van der Waals surface area contributed by atoms with Gasteiger partial charge in [-0.05, 0) is 31.5 Å². The first kappa shape index (κ1) is 20.2. The van der Waals surface area contributed by atoms with Gasteiger partial charge in [0.05, 0.1) is 25.2 Å². The fraction of sp³-hybridized carbons (Fsp3) is 0.429. The largest absolute Gasteiger partial charge is 0.462 e. The zero-order valence-electron chi connectivity index (χ0n) is 17.0. The number of pyridine rings is 2. The lowest BCUT2D eigenvalue weighted by molar-refractivity contribution is 0.0369. The van der Waals surface area contributed by atoms with Crippen LogP contribution in [-0.4, -0.2) is 64.3 Å². The van der Waals surface area contributed by atoms with Crippen molar-refractivity contribution in [2.75, 3.05) is 39.5 Å². The molecule has 0 radical (unpaired) electrons. The van der Waals surface area contributed by atoms with E-state index in [1.54, 1.807) is 29.8 Å². The number of nitrogens with zero attached hydrogens (tertiary/aromatic N) is 4. The zero-order chi connectivity index (χ0) is 21.1. The summed E-state index contributed by atoms with van der Waals surface area (Å²) in [4.78, 5) is 32.5. The number of aromatic nitrogens is 3. The van der Waals surface area contributed by atoms with Crippen LogP contribution in [0.25, 0.3) is 16.7 Å². The Balaban J connectivity index is 1.80. The highest BCUT2D eigenvalue weighted by molar-refractivity contribution is 5.93. The molecule has 3 aromatic rings. The number of rotatable bonds is 6. The zero-order valence-corrected chi connectivity index (χ0v) is 17.0. The van der Waals surface area contributed by atoms with Crippen molar-refractivity contribution in [2.45, 2.75) is 19.9 Å². The van der Waals surface area contributed by atoms with Crippen molar-refractivity contribution >= 4 is 22.6 Å². The number of morpholine rings is 1. The molecule has 158 valence electrons. The van der Waals surface area contributed by atoms with Crippen molar-refractivity contribution in [1.82, 2.24) is 18.9 Å². The summed E-state index contributed by atoms with van der Waals surface area (Å²) in [5.41, 5.74) is 0.718. The molecule has 0 unspecified atom stereocenters. The maximum absolute atomic E-state index is 13.1. The average molecular weight is 411 g/mol. The molecule has 0 bridgehead atoms. The second-order valence-electron chi connectivity index (χ2n) is 7.17. The lowest BCUT2D eigenvalue weighted by Gasteiger charge is -2.26. The summed E-state index contributed by atoms with van der Waals surface area (Å²) < 4.78 is 13.6. The SMILES string of the molecule is CCOC(=O)c1cc2c(=O)n3ccccc3nc2n(CCCN2CCOCC2)c1=N. The summed E-state index contributed by atoms with van der Waals surface area (Å²) in [7, 11) is 0. The van der Waals surface area contributed by atoms with Gasteiger partial charge in [-0.1, -0.05) is 6.07 Å². The molecule has 0 amide bonds. The Labute approximate surface area is 173 Å². The van der Waals surface area contributed by atoms with Crippen LogP contribution in [0.15, 0.2) is 35.3 Å². The topological polar surface area (TPSA) is 102 Å². The molecule has 1 aliphatic rings. The highest BCUT2D eigenvalue weighted by Gasteiger charge is 2.18. The van der Waals surface area contributed by atoms with Crippen LogP contribution in [0.2, 0.25) is 0 Å². The Morgan fingerprint density at radius 2 is 2.07 bits per heavy atom. The average Bonchev–Trinajstić information content (AvgIpc) is 2.76. The molecule has 4 rings (SSSR count). The standard InChI is InChI=1S/C21H25N5O4/c1-2-30-21(28)15-14-16-19(23-17-6-3-4-8-25(17)20(16)27)26(18(15)22)9-5-7-24-10-12-29-13-11-24/h3-4,6,8,14,22H,2,5,7,9-13H2,1H3. The molecule has 0 spiro atoms. The highest BCUT2D eigenvalue weighted by atomic mass is 16.5. The van der Waals surface area contributed by atoms with Crippen LogP contribution in [0.1, 0.15) is 23.7 Å². The van der Waals surface area contributed by atoms with Gasteiger partial charge in [-0.15, -0.1) is 0 Å². The monoisotopic (exact) mass is 411 g/mol. The lowest BCUT2D eigenvalue weighted by Crippen LogP contribution is -2.37. The van der Waals surface area contributed by atoms with Crippen molar-refractivity contribution in [3.05, 3.63) is 51.9 Å². The van der Waals surface area contributed by atoms with E-state index < -0.39 is 5.97 Å². The van der Waals surface area contributed by atoms with Crippen molar-refractivity contribution in [3.63, 3.8) is 0 Å². The number of hydrogen-bond donors (Lipinski definition) is 1. The van der Waals surface area contributed by atoms with Gasteiger partial charge in [-0.25, -0.2) is 9.78 Å². The molecule has 9 nitrogen and oxygen atoms in total. The van der Waals surface area contributed by atoms with Gasteiger partial charge in [-0.3, -0.25) is 19.5 Å². The third kappa shape index (κ3) is 3.86. The first-order valence-corrected chi connectivity index (χ1v) is 10.2. The normalized spacial score (nSPS) is 15.0. The summed E-state index contributed by atoms with van der Waals surface area (Å²) >= 11 is 0. The maximum Gasteiger partial charge on any atom is 0.341 e. The van der Waals surface area contributed by atoms with Gasteiger partial charge in [0, 0.05) is 32.4 Å². The van der Waals surface area contributed by atoms with Gasteiger partial charge >= 0.3 is 5.97 Å². The first-order chi connectivity index (χ1) is 14.6. The summed E-state index contributed by atoms with van der Waals surface area (Å²) in [6.45, 7) is 6.43. The Morgan fingerprint density at radius 3 is 2.83 bits per heavy atom. The fourth-order valence-electron chi connectivity index (χ4n) is 3.75. The minimum atomic E-state index is -0.608. The first-order valence-electron chi connectivity index (χ1n) is 10.2. The minimum absolute atomic E-state index is 0.00936. The molecule has 0 aliphatic carbocycles. The van der Waals surface area contributed by atoms with E-state index in [2.05, 4.69) is 9.88 Å². The Kier molecular flexibility index (Phi) is 5.91.